The van der Waals surface area contributed by atoms with Gasteiger partial charge in [-0.05, 0) is 53.8 Å². The van der Waals surface area contributed by atoms with Gasteiger partial charge in [-0.2, -0.15) is 0 Å². The number of benzene rings is 1. The quantitative estimate of drug-likeness (QED) is 0.732. The first-order valence-electron chi connectivity index (χ1n) is 9.47. The van der Waals surface area contributed by atoms with Crippen LogP contribution >= 0.6 is 11.3 Å². The average Bonchev–Trinajstić information content (AvgIpc) is 3.28. The summed E-state index contributed by atoms with van der Waals surface area (Å²) in [6.45, 7) is 5.51. The van der Waals surface area contributed by atoms with Crippen molar-refractivity contribution in [1.29, 1.82) is 0 Å². The highest BCUT2D eigenvalue weighted by atomic mass is 32.1. The molecule has 26 heavy (non-hydrogen) atoms. The highest BCUT2D eigenvalue weighted by Crippen LogP contribution is 2.45. The van der Waals surface area contributed by atoms with E-state index in [1.54, 1.807) is 11.3 Å². The second kappa shape index (κ2) is 6.36. The van der Waals surface area contributed by atoms with Gasteiger partial charge in [0.25, 0.3) is 0 Å². The third-order valence-corrected chi connectivity index (χ3v) is 6.95. The molecule has 2 fully saturated rings. The second-order valence-corrected chi connectivity index (χ2v) is 8.67. The summed E-state index contributed by atoms with van der Waals surface area (Å²) in [5, 5.41) is 1.22. The number of anilines is 1. The van der Waals surface area contributed by atoms with Gasteiger partial charge >= 0.3 is 0 Å². The molecule has 2 aromatic rings. The molecule has 1 aromatic heterocycles. The molecule has 0 radical (unpaired) electrons. The van der Waals surface area contributed by atoms with Gasteiger partial charge in [0.15, 0.2) is 5.78 Å². The fraction of sp³-hybridized carbons (Fsp3) is 0.409. The van der Waals surface area contributed by atoms with Crippen LogP contribution in [0.1, 0.15) is 28.1 Å². The van der Waals surface area contributed by atoms with Gasteiger partial charge in [0, 0.05) is 19.5 Å². The Labute approximate surface area is 158 Å². The van der Waals surface area contributed by atoms with E-state index in [0.717, 1.165) is 37.1 Å². The molecule has 2 aliphatic carbocycles. The molecule has 1 aliphatic heterocycles. The monoisotopic (exact) mass is 365 g/mol. The predicted octanol–water partition coefficient (Wildman–Crippen LogP) is 4.75. The van der Waals surface area contributed by atoms with Crippen molar-refractivity contribution in [2.24, 2.45) is 11.8 Å². The SMILES string of the molecule is Cc1ccc(N2CCOCC2)c2sc(C(=O)CC3=CC4CC4C=C3)cc12. The molecule has 1 saturated carbocycles. The Bertz CT molecular complexity index is 933. The Balaban J connectivity index is 1.45. The highest BCUT2D eigenvalue weighted by molar-refractivity contribution is 7.21. The highest BCUT2D eigenvalue weighted by Gasteiger charge is 2.35. The molecular weight excluding hydrogens is 342 g/mol. The molecule has 5 rings (SSSR count). The van der Waals surface area contributed by atoms with Crippen LogP contribution in [0.2, 0.25) is 0 Å². The van der Waals surface area contributed by atoms with Crippen molar-refractivity contribution < 1.29 is 9.53 Å². The van der Waals surface area contributed by atoms with Crippen LogP contribution in [0.5, 0.6) is 0 Å². The molecule has 134 valence electrons. The molecule has 0 bridgehead atoms. The number of Topliss-reactive ketones (excluding diaryl/α,β-unsaturated/α-hetero) is 1. The molecule has 3 aliphatic rings. The third-order valence-electron chi connectivity index (χ3n) is 5.75. The van der Waals surface area contributed by atoms with E-state index in [0.29, 0.717) is 12.3 Å². The number of morpholine rings is 1. The zero-order valence-corrected chi connectivity index (χ0v) is 15.8. The van der Waals surface area contributed by atoms with E-state index in [9.17, 15) is 4.79 Å². The Kier molecular flexibility index (Phi) is 3.98. The fourth-order valence-corrected chi connectivity index (χ4v) is 5.27. The van der Waals surface area contributed by atoms with E-state index in [-0.39, 0.29) is 5.78 Å². The van der Waals surface area contributed by atoms with Gasteiger partial charge in [-0.1, -0.05) is 24.3 Å². The number of aryl methyl sites for hydroxylation is 1. The van der Waals surface area contributed by atoms with Gasteiger partial charge in [-0.25, -0.2) is 0 Å². The molecule has 1 saturated heterocycles. The maximum Gasteiger partial charge on any atom is 0.177 e. The summed E-state index contributed by atoms with van der Waals surface area (Å²) < 4.78 is 6.73. The largest absolute Gasteiger partial charge is 0.378 e. The van der Waals surface area contributed by atoms with Crippen molar-refractivity contribution in [3.05, 3.63) is 52.4 Å². The topological polar surface area (TPSA) is 29.5 Å². The molecule has 0 N–H and O–H groups in total. The van der Waals surface area contributed by atoms with Crippen LogP contribution in [0.3, 0.4) is 0 Å². The number of allylic oxidation sites excluding steroid dienone is 4. The molecule has 4 heteroatoms. The summed E-state index contributed by atoms with van der Waals surface area (Å²) in [7, 11) is 0. The Morgan fingerprint density at radius 3 is 2.92 bits per heavy atom. The van der Waals surface area contributed by atoms with Crippen LogP contribution in [-0.4, -0.2) is 32.1 Å². The fourth-order valence-electron chi connectivity index (χ4n) is 4.05. The Morgan fingerprint density at radius 2 is 2.12 bits per heavy atom. The number of carbonyl (C=O) groups is 1. The molecule has 2 atom stereocenters. The van der Waals surface area contributed by atoms with Crippen molar-refractivity contribution in [3.8, 4) is 0 Å². The summed E-state index contributed by atoms with van der Waals surface area (Å²) in [5.74, 6) is 1.69. The summed E-state index contributed by atoms with van der Waals surface area (Å²) in [5.41, 5.74) is 3.68. The van der Waals surface area contributed by atoms with Crippen LogP contribution < -0.4 is 4.90 Å². The minimum Gasteiger partial charge on any atom is -0.378 e. The van der Waals surface area contributed by atoms with Gasteiger partial charge in [-0.3, -0.25) is 4.79 Å². The van der Waals surface area contributed by atoms with Crippen molar-refractivity contribution in [2.45, 2.75) is 19.8 Å². The lowest BCUT2D eigenvalue weighted by molar-refractivity contribution is 0.0997. The number of nitrogens with zero attached hydrogens (tertiary/aromatic N) is 1. The number of ketones is 1. The van der Waals surface area contributed by atoms with Crippen molar-refractivity contribution in [3.63, 3.8) is 0 Å². The molecule has 2 heterocycles. The van der Waals surface area contributed by atoms with Gasteiger partial charge in [0.1, 0.15) is 0 Å². The summed E-state index contributed by atoms with van der Waals surface area (Å²) in [6.07, 6.45) is 8.53. The van der Waals surface area contributed by atoms with Crippen LogP contribution in [0, 0.1) is 18.8 Å². The normalized spacial score (nSPS) is 24.5. The standard InChI is InChI=1S/C22H23NO2S/c1-14-2-5-19(23-6-8-25-9-7-23)22-18(14)13-21(26-22)20(24)11-15-3-4-16-12-17(16)10-15/h2-5,10,13,16-17H,6-9,11-12H2,1H3. The number of hydrogen-bond donors (Lipinski definition) is 0. The van der Waals surface area contributed by atoms with Gasteiger partial charge in [0.05, 0.1) is 28.5 Å². The zero-order valence-electron chi connectivity index (χ0n) is 15.0. The van der Waals surface area contributed by atoms with Crippen LogP contribution in [0.15, 0.2) is 42.0 Å². The lowest BCUT2D eigenvalue weighted by Crippen LogP contribution is -2.36. The van der Waals surface area contributed by atoms with Crippen LogP contribution in [0.4, 0.5) is 5.69 Å². The van der Waals surface area contributed by atoms with E-state index in [4.69, 9.17) is 4.74 Å². The number of hydrogen-bond acceptors (Lipinski definition) is 4. The average molecular weight is 365 g/mol. The lowest BCUT2D eigenvalue weighted by atomic mass is 10.0. The number of rotatable bonds is 4. The summed E-state index contributed by atoms with van der Waals surface area (Å²) >= 11 is 1.66. The van der Waals surface area contributed by atoms with Crippen molar-refractivity contribution in [1.82, 2.24) is 0 Å². The summed E-state index contributed by atoms with van der Waals surface area (Å²) in [4.78, 5) is 16.2. The van der Waals surface area contributed by atoms with E-state index in [2.05, 4.69) is 48.3 Å². The molecule has 0 amide bonds. The van der Waals surface area contributed by atoms with E-state index in [1.165, 1.54) is 33.3 Å². The maximum atomic E-state index is 12.9. The summed E-state index contributed by atoms with van der Waals surface area (Å²) in [6, 6.07) is 6.48. The van der Waals surface area contributed by atoms with Crippen molar-refractivity contribution in [2.75, 3.05) is 31.2 Å². The molecule has 0 spiro atoms. The minimum absolute atomic E-state index is 0.244. The molecule has 1 aromatic carbocycles. The minimum atomic E-state index is 0.244. The maximum absolute atomic E-state index is 12.9. The lowest BCUT2D eigenvalue weighted by Gasteiger charge is -2.29. The van der Waals surface area contributed by atoms with Crippen molar-refractivity contribution >= 4 is 32.9 Å². The molecule has 2 unspecified atom stereocenters. The number of thiophene rings is 1. The third kappa shape index (κ3) is 2.91. The van der Waals surface area contributed by atoms with Gasteiger partial charge < -0.3 is 9.64 Å². The van der Waals surface area contributed by atoms with Crippen LogP contribution in [-0.2, 0) is 4.74 Å². The Hall–Kier alpha value is -1.91. The Morgan fingerprint density at radius 1 is 1.27 bits per heavy atom. The first kappa shape index (κ1) is 16.3. The number of fused-ring (bicyclic) bond motifs is 2. The van der Waals surface area contributed by atoms with E-state index in [1.807, 2.05) is 0 Å². The number of ether oxygens (including phenoxy) is 1. The molecular formula is C22H23NO2S. The first-order chi connectivity index (χ1) is 12.7. The van der Waals surface area contributed by atoms with E-state index >= 15 is 0 Å². The molecule has 3 nitrogen and oxygen atoms in total. The smallest absolute Gasteiger partial charge is 0.177 e. The van der Waals surface area contributed by atoms with E-state index < -0.39 is 0 Å². The predicted molar refractivity (Wildman–Crippen MR) is 107 cm³/mol. The second-order valence-electron chi connectivity index (χ2n) is 7.62. The number of carbonyl (C=O) groups excluding carboxylic acids is 1. The first-order valence-corrected chi connectivity index (χ1v) is 10.3. The van der Waals surface area contributed by atoms with Crippen LogP contribution in [0.25, 0.3) is 10.1 Å². The van der Waals surface area contributed by atoms with Gasteiger partial charge in [-0.15, -0.1) is 11.3 Å². The zero-order chi connectivity index (χ0) is 17.7. The van der Waals surface area contributed by atoms with Gasteiger partial charge in [0.2, 0.25) is 0 Å².